The molecule has 0 aliphatic rings. The van der Waals surface area contributed by atoms with E-state index < -0.39 is 0 Å². The Hall–Kier alpha value is -1.09. The van der Waals surface area contributed by atoms with E-state index in [1.165, 1.54) is 0 Å². The fraction of sp³-hybridized carbons (Fsp3) is 0.615. The van der Waals surface area contributed by atoms with Crippen molar-refractivity contribution in [3.63, 3.8) is 0 Å². The summed E-state index contributed by atoms with van der Waals surface area (Å²) in [6.07, 6.45) is 1.32. The number of hydrogen-bond donors (Lipinski definition) is 1. The number of nitrogens with zero attached hydrogens (tertiary/aromatic N) is 1. The molecule has 1 aromatic heterocycles. The van der Waals surface area contributed by atoms with Gasteiger partial charge in [-0.2, -0.15) is 0 Å². The van der Waals surface area contributed by atoms with Crippen LogP contribution in [0.15, 0.2) is 12.1 Å². The number of hydrogen-bond acceptors (Lipinski definition) is 3. The minimum atomic E-state index is 0.189. The number of ether oxygens (including phenoxy) is 1. The highest BCUT2D eigenvalue weighted by atomic mass is 16.5. The van der Waals surface area contributed by atoms with Crippen molar-refractivity contribution >= 4 is 0 Å². The Morgan fingerprint density at radius 1 is 1.38 bits per heavy atom. The molecule has 3 nitrogen and oxygen atoms in total. The Kier molecular flexibility index (Phi) is 5.26. The molecule has 1 rings (SSSR count). The molecular formula is C13H22N2O. The molecule has 16 heavy (non-hydrogen) atoms. The van der Waals surface area contributed by atoms with Crippen molar-refractivity contribution in [1.82, 2.24) is 10.3 Å². The molecule has 3 heteroatoms. The highest BCUT2D eigenvalue weighted by Crippen LogP contribution is 2.18. The van der Waals surface area contributed by atoms with Crippen LogP contribution in [0, 0.1) is 6.92 Å². The van der Waals surface area contributed by atoms with Gasteiger partial charge in [0.25, 0.3) is 0 Å². The van der Waals surface area contributed by atoms with Crippen LogP contribution in [0.1, 0.15) is 38.6 Å². The van der Waals surface area contributed by atoms with E-state index in [9.17, 15) is 0 Å². The Labute approximate surface area is 98.2 Å². The summed E-state index contributed by atoms with van der Waals surface area (Å²) < 4.78 is 5.73. The smallest absolute Gasteiger partial charge is 0.142 e. The lowest BCUT2D eigenvalue weighted by atomic mass is 10.2. The number of nitrogens with one attached hydrogen (secondary N) is 1. The molecule has 0 unspecified atom stereocenters. The van der Waals surface area contributed by atoms with E-state index in [2.05, 4.69) is 17.2 Å². The summed E-state index contributed by atoms with van der Waals surface area (Å²) in [5.74, 6) is 0.893. The molecule has 0 fully saturated rings. The third-order valence-corrected chi connectivity index (χ3v) is 2.15. The van der Waals surface area contributed by atoms with E-state index in [4.69, 9.17) is 4.74 Å². The van der Waals surface area contributed by atoms with Crippen LogP contribution < -0.4 is 10.1 Å². The third kappa shape index (κ3) is 4.19. The van der Waals surface area contributed by atoms with Gasteiger partial charge in [-0.1, -0.05) is 6.92 Å². The first-order valence-corrected chi connectivity index (χ1v) is 5.97. The SMILES string of the molecule is CCCNCc1nc(C)ccc1OC(C)C. The van der Waals surface area contributed by atoms with E-state index in [1.807, 2.05) is 32.9 Å². The second-order valence-corrected chi connectivity index (χ2v) is 4.24. The third-order valence-electron chi connectivity index (χ3n) is 2.15. The molecule has 0 bridgehead atoms. The van der Waals surface area contributed by atoms with Crippen molar-refractivity contribution in [2.45, 2.75) is 46.8 Å². The van der Waals surface area contributed by atoms with Crippen molar-refractivity contribution in [3.05, 3.63) is 23.5 Å². The fourth-order valence-corrected chi connectivity index (χ4v) is 1.47. The molecule has 0 amide bonds. The molecular weight excluding hydrogens is 200 g/mol. The first-order chi connectivity index (χ1) is 7.63. The van der Waals surface area contributed by atoms with E-state index in [0.29, 0.717) is 0 Å². The summed E-state index contributed by atoms with van der Waals surface area (Å²) >= 11 is 0. The minimum absolute atomic E-state index is 0.189. The summed E-state index contributed by atoms with van der Waals surface area (Å²) in [6, 6.07) is 3.99. The van der Waals surface area contributed by atoms with Gasteiger partial charge < -0.3 is 10.1 Å². The fourth-order valence-electron chi connectivity index (χ4n) is 1.47. The molecule has 0 aromatic carbocycles. The van der Waals surface area contributed by atoms with Gasteiger partial charge in [-0.05, 0) is 45.9 Å². The summed E-state index contributed by atoms with van der Waals surface area (Å²) in [5, 5.41) is 3.35. The lowest BCUT2D eigenvalue weighted by Gasteiger charge is -2.14. The number of pyridine rings is 1. The van der Waals surface area contributed by atoms with Gasteiger partial charge in [0.15, 0.2) is 0 Å². The van der Waals surface area contributed by atoms with Crippen LogP contribution >= 0.6 is 0 Å². The number of aryl methyl sites for hydroxylation is 1. The van der Waals surface area contributed by atoms with Gasteiger partial charge in [0.1, 0.15) is 5.75 Å². The Morgan fingerprint density at radius 2 is 2.12 bits per heavy atom. The van der Waals surface area contributed by atoms with Crippen molar-refractivity contribution in [1.29, 1.82) is 0 Å². The summed E-state index contributed by atoms with van der Waals surface area (Å²) in [5.41, 5.74) is 2.03. The first kappa shape index (κ1) is 13.0. The van der Waals surface area contributed by atoms with Gasteiger partial charge in [0.05, 0.1) is 11.8 Å². The largest absolute Gasteiger partial charge is 0.489 e. The monoisotopic (exact) mass is 222 g/mol. The summed E-state index contributed by atoms with van der Waals surface area (Å²) in [4.78, 5) is 4.51. The second-order valence-electron chi connectivity index (χ2n) is 4.24. The molecule has 1 N–H and O–H groups in total. The quantitative estimate of drug-likeness (QED) is 0.751. The lowest BCUT2D eigenvalue weighted by molar-refractivity contribution is 0.238. The van der Waals surface area contributed by atoms with E-state index in [0.717, 1.165) is 36.6 Å². The van der Waals surface area contributed by atoms with Crippen molar-refractivity contribution in [2.75, 3.05) is 6.54 Å². The topological polar surface area (TPSA) is 34.2 Å². The predicted molar refractivity (Wildman–Crippen MR) is 66.7 cm³/mol. The second kappa shape index (κ2) is 6.48. The Bertz CT molecular complexity index is 324. The van der Waals surface area contributed by atoms with Crippen LogP contribution in [0.4, 0.5) is 0 Å². The van der Waals surface area contributed by atoms with Gasteiger partial charge in [-0.25, -0.2) is 0 Å². The molecule has 0 aliphatic carbocycles. The zero-order valence-electron chi connectivity index (χ0n) is 10.7. The lowest BCUT2D eigenvalue weighted by Crippen LogP contribution is -2.17. The zero-order chi connectivity index (χ0) is 12.0. The first-order valence-electron chi connectivity index (χ1n) is 5.97. The van der Waals surface area contributed by atoms with E-state index >= 15 is 0 Å². The minimum Gasteiger partial charge on any atom is -0.489 e. The van der Waals surface area contributed by atoms with Crippen LogP contribution in [0.25, 0.3) is 0 Å². The average molecular weight is 222 g/mol. The normalized spacial score (nSPS) is 10.8. The molecule has 0 radical (unpaired) electrons. The summed E-state index contributed by atoms with van der Waals surface area (Å²) in [6.45, 7) is 10.0. The van der Waals surface area contributed by atoms with Gasteiger partial charge in [0.2, 0.25) is 0 Å². The van der Waals surface area contributed by atoms with Gasteiger partial charge in [-0.3, -0.25) is 4.98 Å². The Balaban J connectivity index is 2.73. The Morgan fingerprint density at radius 3 is 2.75 bits per heavy atom. The van der Waals surface area contributed by atoms with E-state index in [1.54, 1.807) is 0 Å². The maximum absolute atomic E-state index is 5.73. The van der Waals surface area contributed by atoms with Crippen LogP contribution in [0.2, 0.25) is 0 Å². The van der Waals surface area contributed by atoms with Crippen LogP contribution in [-0.2, 0) is 6.54 Å². The number of aromatic nitrogens is 1. The molecule has 0 atom stereocenters. The average Bonchev–Trinajstić information content (AvgIpc) is 2.22. The van der Waals surface area contributed by atoms with Crippen molar-refractivity contribution in [2.24, 2.45) is 0 Å². The highest BCUT2D eigenvalue weighted by molar-refractivity contribution is 5.29. The molecule has 0 spiro atoms. The van der Waals surface area contributed by atoms with Crippen molar-refractivity contribution in [3.8, 4) is 5.75 Å². The van der Waals surface area contributed by atoms with Gasteiger partial charge >= 0.3 is 0 Å². The molecule has 0 saturated heterocycles. The van der Waals surface area contributed by atoms with Gasteiger partial charge in [-0.15, -0.1) is 0 Å². The molecule has 0 saturated carbocycles. The van der Waals surface area contributed by atoms with Crippen LogP contribution in [0.5, 0.6) is 5.75 Å². The molecule has 1 aromatic rings. The van der Waals surface area contributed by atoms with Gasteiger partial charge in [0, 0.05) is 12.2 Å². The van der Waals surface area contributed by atoms with E-state index in [-0.39, 0.29) is 6.10 Å². The zero-order valence-corrected chi connectivity index (χ0v) is 10.7. The molecule has 1 heterocycles. The highest BCUT2D eigenvalue weighted by Gasteiger charge is 2.07. The predicted octanol–water partition coefficient (Wildman–Crippen LogP) is 2.68. The van der Waals surface area contributed by atoms with Crippen LogP contribution in [0.3, 0.4) is 0 Å². The number of rotatable bonds is 6. The molecule has 0 aliphatic heterocycles. The van der Waals surface area contributed by atoms with Crippen LogP contribution in [-0.4, -0.2) is 17.6 Å². The maximum Gasteiger partial charge on any atom is 0.142 e. The maximum atomic E-state index is 5.73. The summed E-state index contributed by atoms with van der Waals surface area (Å²) in [7, 11) is 0. The standard InChI is InChI=1S/C13H22N2O/c1-5-8-14-9-12-13(16-10(2)3)7-6-11(4)15-12/h6-7,10,14H,5,8-9H2,1-4H3. The van der Waals surface area contributed by atoms with Crippen molar-refractivity contribution < 1.29 is 4.74 Å². The molecule has 90 valence electrons.